The maximum atomic E-state index is 5.81. The molecule has 5 nitrogen and oxygen atoms in total. The molecule has 0 radical (unpaired) electrons. The Kier molecular flexibility index (Phi) is 5.74. The summed E-state index contributed by atoms with van der Waals surface area (Å²) in [5.41, 5.74) is 3.74. The Morgan fingerprint density at radius 3 is 2.28 bits per heavy atom. The van der Waals surface area contributed by atoms with E-state index < -0.39 is 0 Å². The summed E-state index contributed by atoms with van der Waals surface area (Å²) in [5, 5.41) is 0. The zero-order valence-corrected chi connectivity index (χ0v) is 11.6. The van der Waals surface area contributed by atoms with Gasteiger partial charge in [0.25, 0.3) is 0 Å². The number of hydrogen-bond donors (Lipinski definition) is 1. The molecule has 0 aliphatic carbocycles. The Balaban J connectivity index is 3.16. The fraction of sp³-hybridized carbons (Fsp3) is 0.538. The van der Waals surface area contributed by atoms with Gasteiger partial charge >= 0.3 is 0 Å². The van der Waals surface area contributed by atoms with Crippen molar-refractivity contribution in [1.29, 1.82) is 0 Å². The van der Waals surface area contributed by atoms with Crippen LogP contribution in [0, 0.1) is 0 Å². The van der Waals surface area contributed by atoms with Crippen LogP contribution in [0.5, 0.6) is 17.2 Å². The first-order valence-electron chi connectivity index (χ1n) is 5.80. The van der Waals surface area contributed by atoms with Gasteiger partial charge in [-0.3, -0.25) is 0 Å². The van der Waals surface area contributed by atoms with Crippen molar-refractivity contribution in [2.75, 3.05) is 21.3 Å². The molecule has 0 aliphatic heterocycles. The summed E-state index contributed by atoms with van der Waals surface area (Å²) in [5.74, 6) is 1.92. The zero-order valence-electron chi connectivity index (χ0n) is 11.6. The summed E-state index contributed by atoms with van der Waals surface area (Å²) in [7, 11) is 4.77. The first-order chi connectivity index (χ1) is 8.63. The van der Waals surface area contributed by atoms with E-state index in [2.05, 4.69) is 5.48 Å². The Hall–Kier alpha value is -1.46. The third kappa shape index (κ3) is 3.51. The molecule has 0 fully saturated rings. The lowest BCUT2D eigenvalue weighted by atomic mass is 10.1. The van der Waals surface area contributed by atoms with Gasteiger partial charge in [0.05, 0.1) is 27.4 Å². The summed E-state index contributed by atoms with van der Waals surface area (Å²) in [6.07, 6.45) is 0.0484. The summed E-state index contributed by atoms with van der Waals surface area (Å²) < 4.78 is 16.4. The lowest BCUT2D eigenvalue weighted by Crippen LogP contribution is -2.15. The molecule has 18 heavy (non-hydrogen) atoms. The second kappa shape index (κ2) is 7.08. The quantitative estimate of drug-likeness (QED) is 0.756. The third-order valence-corrected chi connectivity index (χ3v) is 2.34. The van der Waals surface area contributed by atoms with E-state index in [-0.39, 0.29) is 6.10 Å². The predicted molar refractivity (Wildman–Crippen MR) is 69.2 cm³/mol. The second-order valence-electron chi connectivity index (χ2n) is 3.98. The summed E-state index contributed by atoms with van der Waals surface area (Å²) in [4.78, 5) is 4.86. The van der Waals surface area contributed by atoms with Crippen molar-refractivity contribution >= 4 is 0 Å². The van der Waals surface area contributed by atoms with Crippen molar-refractivity contribution in [3.8, 4) is 17.2 Å². The Labute approximate surface area is 108 Å². The topological polar surface area (TPSA) is 49.0 Å². The number of hydrogen-bond acceptors (Lipinski definition) is 5. The minimum absolute atomic E-state index is 0.0484. The number of hydroxylamine groups is 1. The zero-order chi connectivity index (χ0) is 13.5. The van der Waals surface area contributed by atoms with Crippen LogP contribution in [0.25, 0.3) is 0 Å². The average molecular weight is 255 g/mol. The first-order valence-corrected chi connectivity index (χ1v) is 5.80. The molecule has 1 N–H and O–H groups in total. The summed E-state index contributed by atoms with van der Waals surface area (Å²) in [6.45, 7) is 4.46. The summed E-state index contributed by atoms with van der Waals surface area (Å²) in [6, 6.07) is 3.77. The molecule has 5 heteroatoms. The van der Waals surface area contributed by atoms with E-state index in [9.17, 15) is 0 Å². The van der Waals surface area contributed by atoms with E-state index in [1.54, 1.807) is 21.3 Å². The predicted octanol–water partition coefficient (Wildman–Crippen LogP) is 2.14. The average Bonchev–Trinajstić information content (AvgIpc) is 2.36. The molecule has 0 unspecified atom stereocenters. The van der Waals surface area contributed by atoms with Crippen molar-refractivity contribution in [2.45, 2.75) is 26.5 Å². The van der Waals surface area contributed by atoms with E-state index in [4.69, 9.17) is 19.0 Å². The highest BCUT2D eigenvalue weighted by atomic mass is 16.6. The Morgan fingerprint density at radius 2 is 1.78 bits per heavy atom. The van der Waals surface area contributed by atoms with E-state index in [0.717, 1.165) is 5.56 Å². The second-order valence-corrected chi connectivity index (χ2v) is 3.98. The van der Waals surface area contributed by atoms with Gasteiger partial charge in [-0.1, -0.05) is 0 Å². The van der Waals surface area contributed by atoms with Crippen LogP contribution in [0.15, 0.2) is 12.1 Å². The van der Waals surface area contributed by atoms with E-state index in [0.29, 0.717) is 23.8 Å². The van der Waals surface area contributed by atoms with Gasteiger partial charge in [0, 0.05) is 12.1 Å². The molecule has 0 spiro atoms. The number of benzene rings is 1. The minimum Gasteiger partial charge on any atom is -0.493 e. The van der Waals surface area contributed by atoms with Crippen LogP contribution in [0.1, 0.15) is 19.4 Å². The maximum Gasteiger partial charge on any atom is 0.203 e. The molecular formula is C13H21NO4. The molecule has 1 aromatic rings. The number of rotatable bonds is 7. The van der Waals surface area contributed by atoms with Crippen molar-refractivity contribution in [1.82, 2.24) is 5.48 Å². The van der Waals surface area contributed by atoms with Crippen LogP contribution in [0.2, 0.25) is 0 Å². The van der Waals surface area contributed by atoms with Crippen LogP contribution >= 0.6 is 0 Å². The highest BCUT2D eigenvalue weighted by Crippen LogP contribution is 2.40. The molecule has 0 amide bonds. The van der Waals surface area contributed by atoms with Crippen molar-refractivity contribution in [2.24, 2.45) is 0 Å². The fourth-order valence-electron chi connectivity index (χ4n) is 1.59. The lowest BCUT2D eigenvalue weighted by molar-refractivity contribution is 0.0853. The SMILES string of the molecule is CONCc1ccc(OC)c(OC)c1OC(C)C. The Bertz CT molecular complexity index is 379. The highest BCUT2D eigenvalue weighted by Gasteiger charge is 2.17. The van der Waals surface area contributed by atoms with Crippen molar-refractivity contribution in [3.05, 3.63) is 17.7 Å². The maximum absolute atomic E-state index is 5.81. The van der Waals surface area contributed by atoms with E-state index in [1.807, 2.05) is 26.0 Å². The normalized spacial score (nSPS) is 10.6. The molecule has 0 aliphatic rings. The van der Waals surface area contributed by atoms with Gasteiger partial charge in [-0.15, -0.1) is 0 Å². The van der Waals surface area contributed by atoms with Crippen LogP contribution in [-0.4, -0.2) is 27.4 Å². The molecule has 0 saturated heterocycles. The van der Waals surface area contributed by atoms with Gasteiger partial charge in [-0.2, -0.15) is 5.48 Å². The molecule has 0 heterocycles. The van der Waals surface area contributed by atoms with Crippen molar-refractivity contribution in [3.63, 3.8) is 0 Å². The van der Waals surface area contributed by atoms with E-state index >= 15 is 0 Å². The monoisotopic (exact) mass is 255 g/mol. The van der Waals surface area contributed by atoms with E-state index in [1.165, 1.54) is 0 Å². The minimum atomic E-state index is 0.0484. The summed E-state index contributed by atoms with van der Waals surface area (Å²) >= 11 is 0. The van der Waals surface area contributed by atoms with Crippen LogP contribution in [0.4, 0.5) is 0 Å². The molecule has 0 saturated carbocycles. The molecule has 1 rings (SSSR count). The van der Waals surface area contributed by atoms with Crippen LogP contribution in [0.3, 0.4) is 0 Å². The molecule has 0 atom stereocenters. The molecular weight excluding hydrogens is 234 g/mol. The van der Waals surface area contributed by atoms with Gasteiger partial charge in [-0.25, -0.2) is 0 Å². The lowest BCUT2D eigenvalue weighted by Gasteiger charge is -2.19. The molecule has 102 valence electrons. The number of nitrogens with one attached hydrogen (secondary N) is 1. The molecule has 0 aromatic heterocycles. The van der Waals surface area contributed by atoms with Gasteiger partial charge in [0.2, 0.25) is 5.75 Å². The third-order valence-electron chi connectivity index (χ3n) is 2.34. The van der Waals surface area contributed by atoms with Gasteiger partial charge in [0.1, 0.15) is 0 Å². The molecule has 1 aromatic carbocycles. The Morgan fingerprint density at radius 1 is 1.06 bits per heavy atom. The van der Waals surface area contributed by atoms with Crippen LogP contribution < -0.4 is 19.7 Å². The number of ether oxygens (including phenoxy) is 3. The van der Waals surface area contributed by atoms with Gasteiger partial charge < -0.3 is 19.0 Å². The smallest absolute Gasteiger partial charge is 0.203 e. The van der Waals surface area contributed by atoms with Crippen LogP contribution in [-0.2, 0) is 11.4 Å². The van der Waals surface area contributed by atoms with Crippen molar-refractivity contribution < 1.29 is 19.0 Å². The van der Waals surface area contributed by atoms with Gasteiger partial charge in [0.15, 0.2) is 11.5 Å². The molecule has 0 bridgehead atoms. The largest absolute Gasteiger partial charge is 0.493 e. The first kappa shape index (κ1) is 14.6. The standard InChI is InChI=1S/C13H21NO4/c1-9(2)18-12-10(8-14-17-5)6-7-11(15-3)13(12)16-4/h6-7,9,14H,8H2,1-5H3. The fourth-order valence-corrected chi connectivity index (χ4v) is 1.59. The van der Waals surface area contributed by atoms with Gasteiger partial charge in [-0.05, 0) is 26.0 Å². The number of methoxy groups -OCH3 is 2. The highest BCUT2D eigenvalue weighted by molar-refractivity contribution is 5.55.